The van der Waals surface area contributed by atoms with Crippen molar-refractivity contribution in [2.75, 3.05) is 30.3 Å². The maximum atomic E-state index is 11.6. The molecule has 3 rings (SSSR count). The average Bonchev–Trinajstić information content (AvgIpc) is 3.05. The Kier molecular flexibility index (Phi) is 6.58. The van der Waals surface area contributed by atoms with Crippen LogP contribution >= 0.6 is 23.4 Å². The lowest BCUT2D eigenvalue weighted by Gasteiger charge is -2.28. The van der Waals surface area contributed by atoms with Crippen LogP contribution in [0.25, 0.3) is 11.0 Å². The smallest absolute Gasteiger partial charge is 0.237 e. The molecule has 7 nitrogen and oxygen atoms in total. The summed E-state index contributed by atoms with van der Waals surface area (Å²) in [6.45, 7) is 6.82. The van der Waals surface area contributed by atoms with E-state index in [9.17, 15) is 4.79 Å². The van der Waals surface area contributed by atoms with Gasteiger partial charge in [0.1, 0.15) is 11.2 Å². The summed E-state index contributed by atoms with van der Waals surface area (Å²) >= 11 is 7.42. The first kappa shape index (κ1) is 19.2. The lowest BCUT2D eigenvalue weighted by molar-refractivity contribution is -0.120. The molecule has 1 atom stereocenters. The molecule has 0 spiro atoms. The zero-order chi connectivity index (χ0) is 18.5. The van der Waals surface area contributed by atoms with Gasteiger partial charge in [0.05, 0.1) is 18.1 Å². The van der Waals surface area contributed by atoms with Gasteiger partial charge in [0.15, 0.2) is 10.8 Å². The van der Waals surface area contributed by atoms with Gasteiger partial charge in [0, 0.05) is 19.6 Å². The molecule has 0 saturated carbocycles. The molecule has 2 aromatic heterocycles. The number of carbonyl (C=O) groups excluding carboxylic acids is 1. The topological polar surface area (TPSA) is 75.9 Å². The number of rotatable bonds is 7. The fourth-order valence-electron chi connectivity index (χ4n) is 3.05. The van der Waals surface area contributed by atoms with E-state index in [1.54, 1.807) is 18.7 Å². The fraction of sp³-hybridized carbons (Fsp3) is 0.647. The number of nitrogens with zero attached hydrogens (tertiary/aromatic N) is 5. The van der Waals surface area contributed by atoms with Crippen LogP contribution in [0.5, 0.6) is 0 Å². The molecular formula is C17H25ClN6OS. The van der Waals surface area contributed by atoms with Gasteiger partial charge in [0.25, 0.3) is 0 Å². The van der Waals surface area contributed by atoms with Gasteiger partial charge < -0.3 is 10.2 Å². The number of halogens is 1. The first-order chi connectivity index (χ1) is 12.6. The number of anilines is 1. The van der Waals surface area contributed by atoms with Crippen molar-refractivity contribution in [3.63, 3.8) is 0 Å². The Hall–Kier alpha value is -1.54. The summed E-state index contributed by atoms with van der Waals surface area (Å²) in [4.78, 5) is 23.5. The summed E-state index contributed by atoms with van der Waals surface area (Å²) in [6.07, 6.45) is 5.50. The summed E-state index contributed by atoms with van der Waals surface area (Å²) in [5.41, 5.74) is 0.824. The number of amides is 1. The molecule has 1 N–H and O–H groups in total. The zero-order valence-corrected chi connectivity index (χ0v) is 16.8. The summed E-state index contributed by atoms with van der Waals surface area (Å²) in [7, 11) is 0. The lowest BCUT2D eigenvalue weighted by atomic mass is 10.1. The van der Waals surface area contributed by atoms with Crippen molar-refractivity contribution < 1.29 is 4.79 Å². The van der Waals surface area contributed by atoms with Crippen LogP contribution in [0, 0.1) is 0 Å². The van der Waals surface area contributed by atoms with Gasteiger partial charge in [0.2, 0.25) is 5.91 Å². The van der Waals surface area contributed by atoms with Crippen LogP contribution in [-0.4, -0.2) is 56.4 Å². The van der Waals surface area contributed by atoms with Crippen molar-refractivity contribution in [2.24, 2.45) is 0 Å². The maximum Gasteiger partial charge on any atom is 0.237 e. The molecule has 1 aliphatic rings. The molecule has 26 heavy (non-hydrogen) atoms. The summed E-state index contributed by atoms with van der Waals surface area (Å²) in [5.74, 6) is 1.73. The SMILES string of the molecule is CCSc1nc(N2CCCCC2)c2cnn(CCNC(=O)C(C)Cl)c2n1. The van der Waals surface area contributed by atoms with Crippen LogP contribution in [-0.2, 0) is 11.3 Å². The minimum absolute atomic E-state index is 0.172. The number of carbonyl (C=O) groups is 1. The summed E-state index contributed by atoms with van der Waals surface area (Å²) in [6, 6.07) is 0. The van der Waals surface area contributed by atoms with E-state index in [0.29, 0.717) is 13.1 Å². The van der Waals surface area contributed by atoms with Gasteiger partial charge >= 0.3 is 0 Å². The van der Waals surface area contributed by atoms with Crippen LogP contribution in [0.2, 0.25) is 0 Å². The molecule has 1 saturated heterocycles. The van der Waals surface area contributed by atoms with E-state index in [1.165, 1.54) is 19.3 Å². The van der Waals surface area contributed by atoms with E-state index in [2.05, 4.69) is 22.2 Å². The van der Waals surface area contributed by atoms with Gasteiger partial charge in [-0.3, -0.25) is 4.79 Å². The molecule has 1 amide bonds. The number of thioether (sulfide) groups is 1. The highest BCUT2D eigenvalue weighted by Gasteiger charge is 2.20. The second-order valence-corrected chi connectivity index (χ2v) is 8.21. The Balaban J connectivity index is 1.86. The van der Waals surface area contributed by atoms with Crippen molar-refractivity contribution in [3.8, 4) is 0 Å². The molecule has 1 fully saturated rings. The van der Waals surface area contributed by atoms with Gasteiger partial charge in [-0.2, -0.15) is 5.10 Å². The third-order valence-corrected chi connectivity index (χ3v) is 5.30. The van der Waals surface area contributed by atoms with E-state index in [1.807, 2.05) is 10.9 Å². The van der Waals surface area contributed by atoms with Crippen molar-refractivity contribution in [1.82, 2.24) is 25.1 Å². The molecule has 9 heteroatoms. The molecule has 3 heterocycles. The quantitative estimate of drug-likeness (QED) is 0.440. The molecule has 0 bridgehead atoms. The number of alkyl halides is 1. The molecule has 0 aliphatic carbocycles. The van der Waals surface area contributed by atoms with Gasteiger partial charge in [-0.05, 0) is 31.9 Å². The molecule has 1 aliphatic heterocycles. The van der Waals surface area contributed by atoms with E-state index >= 15 is 0 Å². The van der Waals surface area contributed by atoms with E-state index in [4.69, 9.17) is 21.6 Å². The molecule has 0 aromatic carbocycles. The molecule has 2 aromatic rings. The Bertz CT molecular complexity index is 759. The largest absolute Gasteiger partial charge is 0.356 e. The molecule has 0 radical (unpaired) electrons. The van der Waals surface area contributed by atoms with Crippen molar-refractivity contribution in [3.05, 3.63) is 6.20 Å². The predicted molar refractivity (Wildman–Crippen MR) is 106 cm³/mol. The minimum atomic E-state index is -0.537. The van der Waals surface area contributed by atoms with E-state index < -0.39 is 5.38 Å². The Morgan fingerprint density at radius 3 is 2.81 bits per heavy atom. The number of nitrogens with one attached hydrogen (secondary N) is 1. The number of aromatic nitrogens is 4. The number of hydrogen-bond acceptors (Lipinski definition) is 6. The van der Waals surface area contributed by atoms with E-state index in [-0.39, 0.29) is 5.91 Å². The normalized spacial score (nSPS) is 16.0. The lowest BCUT2D eigenvalue weighted by Crippen LogP contribution is -2.32. The van der Waals surface area contributed by atoms with Crippen LogP contribution in [0.1, 0.15) is 33.1 Å². The average molecular weight is 397 g/mol. The Morgan fingerprint density at radius 1 is 1.35 bits per heavy atom. The highest BCUT2D eigenvalue weighted by molar-refractivity contribution is 7.99. The van der Waals surface area contributed by atoms with Crippen molar-refractivity contribution in [1.29, 1.82) is 0 Å². The van der Waals surface area contributed by atoms with Gasteiger partial charge in [-0.15, -0.1) is 11.6 Å². The Morgan fingerprint density at radius 2 is 2.12 bits per heavy atom. The second-order valence-electron chi connectivity index (χ2n) is 6.32. The third kappa shape index (κ3) is 4.40. The first-order valence-electron chi connectivity index (χ1n) is 9.13. The first-order valence-corrected chi connectivity index (χ1v) is 10.6. The zero-order valence-electron chi connectivity index (χ0n) is 15.2. The maximum absolute atomic E-state index is 11.6. The van der Waals surface area contributed by atoms with Crippen LogP contribution in [0.15, 0.2) is 11.4 Å². The van der Waals surface area contributed by atoms with E-state index in [0.717, 1.165) is 40.9 Å². The third-order valence-electron chi connectivity index (χ3n) is 4.37. The number of piperidine rings is 1. The monoisotopic (exact) mass is 396 g/mol. The standard InChI is InChI=1S/C17H25ClN6OS/c1-3-26-17-21-14(23-8-5-4-6-9-23)13-11-20-24(15(13)22-17)10-7-19-16(25)12(2)18/h11-12H,3-10H2,1-2H3,(H,19,25). The number of hydrogen-bond donors (Lipinski definition) is 1. The number of fused-ring (bicyclic) bond motifs is 1. The molecule has 142 valence electrons. The van der Waals surface area contributed by atoms with Crippen LogP contribution in [0.4, 0.5) is 5.82 Å². The van der Waals surface area contributed by atoms with Crippen molar-refractivity contribution in [2.45, 2.75) is 50.2 Å². The highest BCUT2D eigenvalue weighted by atomic mass is 35.5. The van der Waals surface area contributed by atoms with Crippen LogP contribution in [0.3, 0.4) is 0 Å². The predicted octanol–water partition coefficient (Wildman–Crippen LogP) is 2.67. The molecular weight excluding hydrogens is 372 g/mol. The van der Waals surface area contributed by atoms with Gasteiger partial charge in [-0.25, -0.2) is 14.6 Å². The summed E-state index contributed by atoms with van der Waals surface area (Å²) in [5, 5.41) is 8.52. The van der Waals surface area contributed by atoms with Crippen molar-refractivity contribution >= 4 is 46.1 Å². The molecule has 1 unspecified atom stereocenters. The Labute approximate surface area is 162 Å². The van der Waals surface area contributed by atoms with Crippen LogP contribution < -0.4 is 10.2 Å². The highest BCUT2D eigenvalue weighted by Crippen LogP contribution is 2.29. The fourth-order valence-corrected chi connectivity index (χ4v) is 3.69. The second kappa shape index (κ2) is 8.90. The van der Waals surface area contributed by atoms with Gasteiger partial charge in [-0.1, -0.05) is 18.7 Å². The minimum Gasteiger partial charge on any atom is -0.356 e. The summed E-state index contributed by atoms with van der Waals surface area (Å²) < 4.78 is 1.84.